The van der Waals surface area contributed by atoms with Crippen LogP contribution in [0.5, 0.6) is 0 Å². The van der Waals surface area contributed by atoms with Crippen molar-refractivity contribution in [1.29, 1.82) is 5.26 Å². The van der Waals surface area contributed by atoms with Crippen molar-refractivity contribution in [3.8, 4) is 6.19 Å². The van der Waals surface area contributed by atoms with Gasteiger partial charge in [0.15, 0.2) is 6.19 Å². The standard InChI is InChI=1S/C9H10N2O/c10-7-11-9(6-12)8-4-2-1-3-5-8/h1-5,9,11-12H,6H2/t9-/m1/s1. The van der Waals surface area contributed by atoms with Crippen LogP contribution in [-0.2, 0) is 0 Å². The molecule has 0 saturated heterocycles. The summed E-state index contributed by atoms with van der Waals surface area (Å²) in [5, 5.41) is 19.8. The Hall–Kier alpha value is -1.53. The molecule has 1 aromatic carbocycles. The van der Waals surface area contributed by atoms with E-state index in [1.807, 2.05) is 36.5 Å². The van der Waals surface area contributed by atoms with E-state index in [0.717, 1.165) is 5.56 Å². The van der Waals surface area contributed by atoms with Gasteiger partial charge in [0.05, 0.1) is 12.6 Å². The number of nitrogens with zero attached hydrogens (tertiary/aromatic N) is 1. The number of hydrogen-bond donors (Lipinski definition) is 2. The molecule has 0 unspecified atom stereocenters. The first-order chi connectivity index (χ1) is 5.88. The van der Waals surface area contributed by atoms with Gasteiger partial charge in [-0.25, -0.2) is 0 Å². The zero-order valence-corrected chi connectivity index (χ0v) is 6.57. The van der Waals surface area contributed by atoms with Crippen molar-refractivity contribution in [3.05, 3.63) is 35.9 Å². The molecule has 1 atom stereocenters. The minimum absolute atomic E-state index is 0.0719. The third-order valence-corrected chi connectivity index (χ3v) is 1.62. The average molecular weight is 162 g/mol. The molecular weight excluding hydrogens is 152 g/mol. The molecule has 1 rings (SSSR count). The molecule has 0 aliphatic heterocycles. The van der Waals surface area contributed by atoms with Crippen molar-refractivity contribution in [2.24, 2.45) is 0 Å². The van der Waals surface area contributed by atoms with E-state index in [9.17, 15) is 0 Å². The number of aliphatic hydroxyl groups is 1. The van der Waals surface area contributed by atoms with Gasteiger partial charge in [-0.1, -0.05) is 30.3 Å². The summed E-state index contributed by atoms with van der Waals surface area (Å²) in [6.07, 6.45) is 1.81. The van der Waals surface area contributed by atoms with Crippen LogP contribution < -0.4 is 5.32 Å². The molecule has 3 nitrogen and oxygen atoms in total. The minimum atomic E-state index is -0.281. The average Bonchev–Trinajstić information content (AvgIpc) is 2.15. The second kappa shape index (κ2) is 4.37. The van der Waals surface area contributed by atoms with Crippen molar-refractivity contribution < 1.29 is 5.11 Å². The zero-order chi connectivity index (χ0) is 8.81. The largest absolute Gasteiger partial charge is 0.394 e. The number of aliphatic hydroxyl groups excluding tert-OH is 1. The lowest BCUT2D eigenvalue weighted by Gasteiger charge is -2.11. The van der Waals surface area contributed by atoms with E-state index in [-0.39, 0.29) is 12.6 Å². The first-order valence-corrected chi connectivity index (χ1v) is 3.69. The molecule has 3 heteroatoms. The van der Waals surface area contributed by atoms with Crippen LogP contribution in [0.1, 0.15) is 11.6 Å². The molecule has 0 heterocycles. The Morgan fingerprint density at radius 1 is 1.42 bits per heavy atom. The minimum Gasteiger partial charge on any atom is -0.394 e. The van der Waals surface area contributed by atoms with Gasteiger partial charge in [-0.05, 0) is 5.56 Å². The smallest absolute Gasteiger partial charge is 0.177 e. The first-order valence-electron chi connectivity index (χ1n) is 3.69. The number of nitriles is 1. The maximum atomic E-state index is 8.90. The molecule has 0 radical (unpaired) electrons. The van der Waals surface area contributed by atoms with Crippen molar-refractivity contribution in [2.75, 3.05) is 6.61 Å². The van der Waals surface area contributed by atoms with Crippen LogP contribution in [0.25, 0.3) is 0 Å². The van der Waals surface area contributed by atoms with E-state index in [4.69, 9.17) is 10.4 Å². The van der Waals surface area contributed by atoms with E-state index in [0.29, 0.717) is 0 Å². The van der Waals surface area contributed by atoms with Gasteiger partial charge in [0.25, 0.3) is 0 Å². The van der Waals surface area contributed by atoms with Gasteiger partial charge in [-0.3, -0.25) is 0 Å². The lowest BCUT2D eigenvalue weighted by Crippen LogP contribution is -2.19. The number of benzene rings is 1. The number of rotatable bonds is 3. The summed E-state index contributed by atoms with van der Waals surface area (Å²) in [4.78, 5) is 0. The Morgan fingerprint density at radius 3 is 2.58 bits per heavy atom. The summed E-state index contributed by atoms with van der Waals surface area (Å²) < 4.78 is 0. The number of nitrogens with one attached hydrogen (secondary N) is 1. The molecule has 0 fully saturated rings. The lowest BCUT2D eigenvalue weighted by molar-refractivity contribution is 0.256. The molecule has 2 N–H and O–H groups in total. The Labute approximate surface area is 71.3 Å². The fourth-order valence-corrected chi connectivity index (χ4v) is 0.998. The molecular formula is C9H10N2O. The zero-order valence-electron chi connectivity index (χ0n) is 6.57. The van der Waals surface area contributed by atoms with Crippen molar-refractivity contribution in [3.63, 3.8) is 0 Å². The summed E-state index contributed by atoms with van der Waals surface area (Å²) in [5.41, 5.74) is 0.918. The maximum Gasteiger partial charge on any atom is 0.177 e. The van der Waals surface area contributed by atoms with E-state index in [2.05, 4.69) is 5.32 Å². The van der Waals surface area contributed by atoms with Gasteiger partial charge in [0, 0.05) is 0 Å². The third kappa shape index (κ3) is 1.97. The van der Waals surface area contributed by atoms with Crippen LogP contribution in [0.2, 0.25) is 0 Å². The maximum absolute atomic E-state index is 8.90. The topological polar surface area (TPSA) is 56.0 Å². The monoisotopic (exact) mass is 162 g/mol. The highest BCUT2D eigenvalue weighted by molar-refractivity contribution is 5.19. The third-order valence-electron chi connectivity index (χ3n) is 1.62. The molecule has 62 valence electrons. The van der Waals surface area contributed by atoms with Crippen LogP contribution in [0.15, 0.2) is 30.3 Å². The van der Waals surface area contributed by atoms with Crippen molar-refractivity contribution in [2.45, 2.75) is 6.04 Å². The Kier molecular flexibility index (Phi) is 3.12. The molecule has 0 aliphatic carbocycles. The van der Waals surface area contributed by atoms with E-state index >= 15 is 0 Å². The summed E-state index contributed by atoms with van der Waals surface area (Å²) in [6.45, 7) is -0.0719. The predicted molar refractivity (Wildman–Crippen MR) is 45.0 cm³/mol. The molecule has 0 aliphatic rings. The van der Waals surface area contributed by atoms with Crippen molar-refractivity contribution >= 4 is 0 Å². The molecule has 0 bridgehead atoms. The molecule has 0 amide bonds. The van der Waals surface area contributed by atoms with Gasteiger partial charge in [0.1, 0.15) is 0 Å². The van der Waals surface area contributed by atoms with E-state index in [1.54, 1.807) is 0 Å². The Balaban J connectivity index is 2.75. The molecule has 0 aromatic heterocycles. The first kappa shape index (κ1) is 8.57. The quantitative estimate of drug-likeness (QED) is 0.510. The van der Waals surface area contributed by atoms with E-state index in [1.165, 1.54) is 0 Å². The highest BCUT2D eigenvalue weighted by Gasteiger charge is 2.06. The van der Waals surface area contributed by atoms with Crippen LogP contribution >= 0.6 is 0 Å². The second-order valence-corrected chi connectivity index (χ2v) is 2.40. The summed E-state index contributed by atoms with van der Waals surface area (Å²) >= 11 is 0. The normalized spacial score (nSPS) is 11.7. The van der Waals surface area contributed by atoms with Gasteiger partial charge in [-0.15, -0.1) is 0 Å². The summed E-state index contributed by atoms with van der Waals surface area (Å²) in [6, 6.07) is 9.09. The Morgan fingerprint density at radius 2 is 2.08 bits per heavy atom. The molecule has 1 aromatic rings. The van der Waals surface area contributed by atoms with Crippen LogP contribution in [0, 0.1) is 11.5 Å². The van der Waals surface area contributed by atoms with Gasteiger partial charge >= 0.3 is 0 Å². The van der Waals surface area contributed by atoms with Crippen LogP contribution in [0.3, 0.4) is 0 Å². The van der Waals surface area contributed by atoms with Gasteiger partial charge in [-0.2, -0.15) is 5.26 Å². The molecule has 0 spiro atoms. The van der Waals surface area contributed by atoms with Gasteiger partial charge < -0.3 is 10.4 Å². The molecule has 0 saturated carbocycles. The van der Waals surface area contributed by atoms with Crippen LogP contribution in [0.4, 0.5) is 0 Å². The fraction of sp³-hybridized carbons (Fsp3) is 0.222. The molecule has 12 heavy (non-hydrogen) atoms. The Bertz CT molecular complexity index is 266. The predicted octanol–water partition coefficient (Wildman–Crippen LogP) is 0.791. The summed E-state index contributed by atoms with van der Waals surface area (Å²) in [7, 11) is 0. The van der Waals surface area contributed by atoms with Gasteiger partial charge in [0.2, 0.25) is 0 Å². The van der Waals surface area contributed by atoms with E-state index < -0.39 is 0 Å². The fourth-order valence-electron chi connectivity index (χ4n) is 0.998. The summed E-state index contributed by atoms with van der Waals surface area (Å²) in [5.74, 6) is 0. The SMILES string of the molecule is N#CN[C@H](CO)c1ccccc1. The highest BCUT2D eigenvalue weighted by atomic mass is 16.3. The number of hydrogen-bond acceptors (Lipinski definition) is 3. The lowest BCUT2D eigenvalue weighted by atomic mass is 10.1. The highest BCUT2D eigenvalue weighted by Crippen LogP contribution is 2.10. The van der Waals surface area contributed by atoms with Crippen molar-refractivity contribution in [1.82, 2.24) is 5.32 Å². The second-order valence-electron chi connectivity index (χ2n) is 2.40. The van der Waals surface area contributed by atoms with Crippen LogP contribution in [-0.4, -0.2) is 11.7 Å².